The van der Waals surface area contributed by atoms with Gasteiger partial charge in [0.05, 0.1) is 43.3 Å². The van der Waals surface area contributed by atoms with Crippen LogP contribution in [0, 0.1) is 0 Å². The number of anilines is 6. The Morgan fingerprint density at radius 1 is 0.409 bits per heavy atom. The van der Waals surface area contributed by atoms with Gasteiger partial charge < -0.3 is 9.80 Å². The van der Waals surface area contributed by atoms with Gasteiger partial charge >= 0.3 is 0 Å². The monoisotopic (exact) mass is 582 g/mol. The normalized spacial score (nSPS) is 14.6. The van der Waals surface area contributed by atoms with Crippen molar-refractivity contribution in [2.45, 2.75) is 9.79 Å². The van der Waals surface area contributed by atoms with E-state index in [4.69, 9.17) is 0 Å². The van der Waals surface area contributed by atoms with E-state index in [1.807, 2.05) is 30.3 Å². The Labute approximate surface area is 258 Å². The second-order valence-corrected chi connectivity index (χ2v) is 12.6. The van der Waals surface area contributed by atoms with E-state index in [0.717, 1.165) is 49.5 Å². The topological polar surface area (TPSA) is 23.6 Å². The fraction of sp³-hybridized carbons (Fsp3) is 0. The molecule has 0 N–H and O–H groups in total. The third-order valence-corrected chi connectivity index (χ3v) is 10.2. The van der Waals surface area contributed by atoms with Crippen LogP contribution in [-0.2, 0) is 10.8 Å². The van der Waals surface area contributed by atoms with E-state index in [2.05, 4.69) is 137 Å². The minimum Gasteiger partial charge on any atom is -0.309 e. The van der Waals surface area contributed by atoms with Gasteiger partial charge in [0, 0.05) is 22.3 Å². The molecular formula is C40H26N2OS. The lowest BCUT2D eigenvalue weighted by molar-refractivity contribution is 0.682. The highest BCUT2D eigenvalue weighted by Gasteiger charge is 2.34. The molecule has 0 saturated heterocycles. The lowest BCUT2D eigenvalue weighted by Gasteiger charge is -2.37. The van der Waals surface area contributed by atoms with Gasteiger partial charge in [-0.2, -0.15) is 0 Å². The highest BCUT2D eigenvalue weighted by atomic mass is 32.2. The Morgan fingerprint density at radius 2 is 1.02 bits per heavy atom. The molecular weight excluding hydrogens is 557 g/mol. The van der Waals surface area contributed by atoms with Crippen LogP contribution in [0.25, 0.3) is 33.0 Å². The second kappa shape index (κ2) is 9.80. The van der Waals surface area contributed by atoms with Crippen molar-refractivity contribution < 1.29 is 4.21 Å². The Bertz CT molecular complexity index is 2240. The molecule has 2 heterocycles. The smallest absolute Gasteiger partial charge is 0.0893 e. The van der Waals surface area contributed by atoms with Gasteiger partial charge in [0.1, 0.15) is 0 Å². The summed E-state index contributed by atoms with van der Waals surface area (Å²) in [7, 11) is -1.35. The molecule has 0 fully saturated rings. The Morgan fingerprint density at radius 3 is 1.82 bits per heavy atom. The summed E-state index contributed by atoms with van der Waals surface area (Å²) in [5, 5.41) is 2.42. The minimum atomic E-state index is -1.35. The Kier molecular flexibility index (Phi) is 5.59. The molecule has 1 atom stereocenters. The molecule has 2 aliphatic heterocycles. The summed E-state index contributed by atoms with van der Waals surface area (Å²) in [4.78, 5) is 6.22. The summed E-state index contributed by atoms with van der Waals surface area (Å²) in [6, 6.07) is 55.1. The van der Waals surface area contributed by atoms with E-state index in [1.165, 1.54) is 27.5 Å². The third kappa shape index (κ3) is 3.71. The number of fused-ring (bicyclic) bond motifs is 4. The van der Waals surface area contributed by atoms with Crippen LogP contribution in [-0.4, -0.2) is 4.21 Å². The molecule has 2 aliphatic rings. The lowest BCUT2D eigenvalue weighted by atomic mass is 9.90. The molecule has 0 bridgehead atoms. The van der Waals surface area contributed by atoms with Gasteiger partial charge in [-0.15, -0.1) is 0 Å². The predicted molar refractivity (Wildman–Crippen MR) is 182 cm³/mol. The van der Waals surface area contributed by atoms with Gasteiger partial charge in [-0.05, 0) is 76.7 Å². The molecule has 0 amide bonds. The van der Waals surface area contributed by atoms with Crippen molar-refractivity contribution >= 4 is 55.7 Å². The molecule has 0 aromatic heterocycles. The van der Waals surface area contributed by atoms with Crippen molar-refractivity contribution in [1.29, 1.82) is 0 Å². The highest BCUT2D eigenvalue weighted by molar-refractivity contribution is 7.85. The molecule has 3 nitrogen and oxygen atoms in total. The van der Waals surface area contributed by atoms with Crippen LogP contribution in [0.2, 0.25) is 0 Å². The molecule has 7 aromatic rings. The number of benzene rings is 7. The first-order chi connectivity index (χ1) is 21.8. The maximum atomic E-state index is 14.3. The molecule has 208 valence electrons. The van der Waals surface area contributed by atoms with Crippen LogP contribution in [0.1, 0.15) is 0 Å². The van der Waals surface area contributed by atoms with E-state index < -0.39 is 10.8 Å². The third-order valence-electron chi connectivity index (χ3n) is 8.73. The lowest BCUT2D eigenvalue weighted by Crippen LogP contribution is -2.21. The van der Waals surface area contributed by atoms with Crippen LogP contribution < -0.4 is 9.80 Å². The zero-order valence-electron chi connectivity index (χ0n) is 23.7. The van der Waals surface area contributed by atoms with Crippen molar-refractivity contribution in [3.05, 3.63) is 158 Å². The Hall–Kier alpha value is -5.45. The predicted octanol–water partition coefficient (Wildman–Crippen LogP) is 10.9. The van der Waals surface area contributed by atoms with Crippen molar-refractivity contribution in [2.24, 2.45) is 0 Å². The first-order valence-electron chi connectivity index (χ1n) is 14.8. The molecule has 0 spiro atoms. The summed E-state index contributed by atoms with van der Waals surface area (Å²) in [6.07, 6.45) is 0. The number of hydrogen-bond donors (Lipinski definition) is 0. The van der Waals surface area contributed by atoms with Crippen LogP contribution in [0.5, 0.6) is 0 Å². The number of rotatable bonds is 3. The van der Waals surface area contributed by atoms with Crippen LogP contribution in [0.4, 0.5) is 34.1 Å². The van der Waals surface area contributed by atoms with Crippen molar-refractivity contribution in [3.8, 4) is 22.3 Å². The Balaban J connectivity index is 1.31. The number of para-hydroxylation sites is 2. The number of nitrogens with zero attached hydrogens (tertiary/aromatic N) is 2. The fourth-order valence-electron chi connectivity index (χ4n) is 6.76. The average Bonchev–Trinajstić information content (AvgIpc) is 3.09. The molecule has 7 aromatic carbocycles. The first-order valence-corrected chi connectivity index (χ1v) is 15.9. The fourth-order valence-corrected chi connectivity index (χ4v) is 8.10. The van der Waals surface area contributed by atoms with E-state index in [9.17, 15) is 4.21 Å². The zero-order valence-corrected chi connectivity index (χ0v) is 24.5. The quantitative estimate of drug-likeness (QED) is 0.207. The van der Waals surface area contributed by atoms with Gasteiger partial charge in [0.2, 0.25) is 0 Å². The summed E-state index contributed by atoms with van der Waals surface area (Å²) < 4.78 is 14.3. The van der Waals surface area contributed by atoms with Crippen LogP contribution in [0.15, 0.2) is 168 Å². The summed E-state index contributed by atoms with van der Waals surface area (Å²) in [5.41, 5.74) is 10.8. The summed E-state index contributed by atoms with van der Waals surface area (Å²) in [6.45, 7) is 0. The molecule has 1 unspecified atom stereocenters. The van der Waals surface area contributed by atoms with Gasteiger partial charge in [0.25, 0.3) is 0 Å². The van der Waals surface area contributed by atoms with E-state index in [-0.39, 0.29) is 0 Å². The zero-order chi connectivity index (χ0) is 29.2. The van der Waals surface area contributed by atoms with Crippen LogP contribution >= 0.6 is 0 Å². The van der Waals surface area contributed by atoms with Crippen LogP contribution in [0.3, 0.4) is 0 Å². The van der Waals surface area contributed by atoms with Crippen molar-refractivity contribution in [3.63, 3.8) is 0 Å². The second-order valence-electron chi connectivity index (χ2n) is 11.2. The van der Waals surface area contributed by atoms with Crippen molar-refractivity contribution in [1.82, 2.24) is 0 Å². The SMILES string of the molecule is O=S1c2ccccc2N(c2ccccc2)c2cc3c(cc21)N(c1ccc(-c2ccccc2)cc1)c1cccc2cccc-3c12. The molecule has 0 aliphatic carbocycles. The molecule has 0 radical (unpaired) electrons. The molecule has 0 saturated carbocycles. The molecule has 44 heavy (non-hydrogen) atoms. The molecule has 9 rings (SSSR count). The average molecular weight is 583 g/mol. The van der Waals surface area contributed by atoms with E-state index in [0.29, 0.717) is 0 Å². The summed E-state index contributed by atoms with van der Waals surface area (Å²) >= 11 is 0. The largest absolute Gasteiger partial charge is 0.309 e. The standard InChI is InChI=1S/C40H26N2OS/c43-44-38-20-8-7-18-34(38)41(30-15-5-2-6-16-30)37-25-33-32-17-9-13-29-14-10-19-35(40(29)32)42(36(33)26-39(37)44)31-23-21-28(22-24-31)27-11-3-1-4-12-27/h1-26H. The maximum Gasteiger partial charge on any atom is 0.0893 e. The van der Waals surface area contributed by atoms with E-state index in [1.54, 1.807) is 0 Å². The van der Waals surface area contributed by atoms with Gasteiger partial charge in [-0.3, -0.25) is 0 Å². The molecule has 4 heteroatoms. The summed E-state index contributed by atoms with van der Waals surface area (Å²) in [5.74, 6) is 0. The maximum absolute atomic E-state index is 14.3. The van der Waals surface area contributed by atoms with Crippen molar-refractivity contribution in [2.75, 3.05) is 9.80 Å². The van der Waals surface area contributed by atoms with Gasteiger partial charge in [0.15, 0.2) is 0 Å². The van der Waals surface area contributed by atoms with Gasteiger partial charge in [-0.1, -0.05) is 103 Å². The van der Waals surface area contributed by atoms with E-state index >= 15 is 0 Å². The highest BCUT2D eigenvalue weighted by Crippen LogP contribution is 2.55. The minimum absolute atomic E-state index is 0.809. The van der Waals surface area contributed by atoms with Gasteiger partial charge in [-0.25, -0.2) is 4.21 Å². The first kappa shape index (κ1) is 25.1. The number of hydrogen-bond acceptors (Lipinski definition) is 3.